The summed E-state index contributed by atoms with van der Waals surface area (Å²) in [5, 5.41) is 0. The molecule has 1 aliphatic heterocycles. The summed E-state index contributed by atoms with van der Waals surface area (Å²) in [5.74, 6) is -0.0505. The Labute approximate surface area is 135 Å². The molecule has 23 heavy (non-hydrogen) atoms. The molecule has 0 N–H and O–H groups in total. The summed E-state index contributed by atoms with van der Waals surface area (Å²) in [5.41, 5.74) is 3.23. The Morgan fingerprint density at radius 3 is 2.52 bits per heavy atom. The first-order valence-corrected chi connectivity index (χ1v) is 7.64. The van der Waals surface area contributed by atoms with Gasteiger partial charge >= 0.3 is 0 Å². The van der Waals surface area contributed by atoms with Crippen LogP contribution in [0.2, 0.25) is 0 Å². The smallest absolute Gasteiger partial charge is 0.258 e. The van der Waals surface area contributed by atoms with E-state index in [4.69, 9.17) is 0 Å². The van der Waals surface area contributed by atoms with E-state index < -0.39 is 0 Å². The van der Waals surface area contributed by atoms with E-state index in [1.165, 1.54) is 0 Å². The predicted octanol–water partition coefficient (Wildman–Crippen LogP) is 2.38. The number of benzene rings is 1. The fourth-order valence-electron chi connectivity index (χ4n) is 2.85. The minimum Gasteiger partial charge on any atom is -0.345 e. The van der Waals surface area contributed by atoms with Crippen LogP contribution < -0.4 is 4.90 Å². The number of hydrogen-bond acceptors (Lipinski definition) is 3. The maximum atomic E-state index is 12.7. The van der Waals surface area contributed by atoms with Crippen molar-refractivity contribution in [3.8, 4) is 0 Å². The van der Waals surface area contributed by atoms with E-state index in [1.807, 2.05) is 12.1 Å². The number of hydrogen-bond donors (Lipinski definition) is 0. The van der Waals surface area contributed by atoms with Gasteiger partial charge in [-0.05, 0) is 48.7 Å². The molecule has 0 spiro atoms. The van der Waals surface area contributed by atoms with Crippen molar-refractivity contribution in [3.63, 3.8) is 0 Å². The normalized spacial score (nSPS) is 13.4. The Bertz CT molecular complexity index is 741. The minimum atomic E-state index is -0.0277. The quantitative estimate of drug-likeness (QED) is 0.856. The van der Waals surface area contributed by atoms with E-state index in [0.717, 1.165) is 24.1 Å². The van der Waals surface area contributed by atoms with Gasteiger partial charge in [-0.1, -0.05) is 0 Å². The van der Waals surface area contributed by atoms with Gasteiger partial charge in [0.05, 0.1) is 0 Å². The average Bonchev–Trinajstić information content (AvgIpc) is 2.60. The molecule has 2 heterocycles. The fraction of sp³-hybridized carbons (Fsp3) is 0.278. The number of anilines is 1. The molecule has 2 aromatic rings. The monoisotopic (exact) mass is 309 g/mol. The molecule has 0 bridgehead atoms. The molecule has 1 aromatic heterocycles. The average molecular weight is 309 g/mol. The number of aryl methyl sites for hydroxylation is 1. The number of carbonyl (C=O) groups excluding carboxylic acids is 2. The number of aromatic nitrogens is 1. The zero-order valence-electron chi connectivity index (χ0n) is 13.3. The van der Waals surface area contributed by atoms with Crippen molar-refractivity contribution in [3.05, 3.63) is 59.4 Å². The van der Waals surface area contributed by atoms with Gasteiger partial charge in [0, 0.05) is 49.8 Å². The van der Waals surface area contributed by atoms with Crippen LogP contribution in [0.1, 0.15) is 32.7 Å². The second kappa shape index (κ2) is 6.20. The Balaban J connectivity index is 1.94. The second-order valence-corrected chi connectivity index (χ2v) is 5.84. The van der Waals surface area contributed by atoms with Gasteiger partial charge in [-0.25, -0.2) is 0 Å². The summed E-state index contributed by atoms with van der Waals surface area (Å²) >= 11 is 0. The molecule has 0 fully saturated rings. The molecule has 0 saturated heterocycles. The van der Waals surface area contributed by atoms with Crippen LogP contribution in [0.5, 0.6) is 0 Å². The highest BCUT2D eigenvalue weighted by molar-refractivity contribution is 6.07. The summed E-state index contributed by atoms with van der Waals surface area (Å²) in [4.78, 5) is 32.1. The molecule has 3 rings (SSSR count). The number of nitrogens with zero attached hydrogens (tertiary/aromatic N) is 3. The molecule has 0 unspecified atom stereocenters. The van der Waals surface area contributed by atoms with Crippen molar-refractivity contribution in [1.82, 2.24) is 9.88 Å². The second-order valence-electron chi connectivity index (χ2n) is 5.84. The molecule has 2 amide bonds. The zero-order chi connectivity index (χ0) is 16.4. The van der Waals surface area contributed by atoms with Crippen LogP contribution in [0.15, 0.2) is 42.7 Å². The van der Waals surface area contributed by atoms with Crippen molar-refractivity contribution in [2.45, 2.75) is 12.8 Å². The molecule has 0 atom stereocenters. The van der Waals surface area contributed by atoms with E-state index in [0.29, 0.717) is 17.7 Å². The fourth-order valence-corrected chi connectivity index (χ4v) is 2.85. The Morgan fingerprint density at radius 2 is 1.83 bits per heavy atom. The van der Waals surface area contributed by atoms with E-state index in [9.17, 15) is 9.59 Å². The topological polar surface area (TPSA) is 53.5 Å². The van der Waals surface area contributed by atoms with Crippen LogP contribution in [0.4, 0.5) is 5.69 Å². The van der Waals surface area contributed by atoms with Crippen molar-refractivity contribution in [2.75, 3.05) is 25.5 Å². The number of rotatable bonds is 2. The maximum absolute atomic E-state index is 12.7. The molecule has 0 saturated carbocycles. The first-order valence-electron chi connectivity index (χ1n) is 7.64. The highest BCUT2D eigenvalue weighted by Crippen LogP contribution is 2.29. The molecular formula is C18H19N3O2. The van der Waals surface area contributed by atoms with E-state index in [1.54, 1.807) is 54.5 Å². The third-order valence-corrected chi connectivity index (χ3v) is 4.02. The lowest BCUT2D eigenvalue weighted by Crippen LogP contribution is -2.35. The van der Waals surface area contributed by atoms with Crippen molar-refractivity contribution in [1.29, 1.82) is 0 Å². The van der Waals surface area contributed by atoms with E-state index >= 15 is 0 Å². The summed E-state index contributed by atoms with van der Waals surface area (Å²) in [6.45, 7) is 0.690. The summed E-state index contributed by atoms with van der Waals surface area (Å²) < 4.78 is 0. The third kappa shape index (κ3) is 2.95. The molecule has 5 heteroatoms. The molecule has 0 aliphatic carbocycles. The minimum absolute atomic E-state index is 0.0228. The van der Waals surface area contributed by atoms with Crippen LogP contribution >= 0.6 is 0 Å². The van der Waals surface area contributed by atoms with Gasteiger partial charge in [0.1, 0.15) is 0 Å². The van der Waals surface area contributed by atoms with Crippen LogP contribution in [-0.2, 0) is 6.42 Å². The third-order valence-electron chi connectivity index (χ3n) is 4.02. The van der Waals surface area contributed by atoms with E-state index in [2.05, 4.69) is 4.98 Å². The van der Waals surface area contributed by atoms with Crippen molar-refractivity contribution >= 4 is 17.5 Å². The number of amides is 2. The molecular weight excluding hydrogens is 290 g/mol. The lowest BCUT2D eigenvalue weighted by Gasteiger charge is -2.30. The van der Waals surface area contributed by atoms with Crippen LogP contribution in [0, 0.1) is 0 Å². The van der Waals surface area contributed by atoms with Crippen molar-refractivity contribution in [2.24, 2.45) is 0 Å². The first-order chi connectivity index (χ1) is 11.1. The van der Waals surface area contributed by atoms with E-state index in [-0.39, 0.29) is 11.8 Å². The Hall–Kier alpha value is -2.69. The van der Waals surface area contributed by atoms with Gasteiger partial charge in [-0.3, -0.25) is 14.6 Å². The largest absolute Gasteiger partial charge is 0.345 e. The lowest BCUT2D eigenvalue weighted by atomic mass is 9.98. The number of pyridine rings is 1. The Kier molecular flexibility index (Phi) is 4.10. The molecule has 0 radical (unpaired) electrons. The van der Waals surface area contributed by atoms with Gasteiger partial charge in [-0.15, -0.1) is 0 Å². The molecule has 1 aromatic carbocycles. The SMILES string of the molecule is CN(C)C(=O)c1ccc2c(c1)CCCN2C(=O)c1ccncc1. The molecule has 118 valence electrons. The van der Waals surface area contributed by atoms with Crippen LogP contribution in [0.3, 0.4) is 0 Å². The molecule has 1 aliphatic rings. The standard InChI is InChI=1S/C18H19N3O2/c1-20(2)17(22)15-5-6-16-14(12-15)4-3-11-21(16)18(23)13-7-9-19-10-8-13/h5-10,12H,3-4,11H2,1-2H3. The van der Waals surface area contributed by atoms with Gasteiger partial charge in [0.15, 0.2) is 0 Å². The van der Waals surface area contributed by atoms with Crippen molar-refractivity contribution < 1.29 is 9.59 Å². The Morgan fingerprint density at radius 1 is 1.09 bits per heavy atom. The lowest BCUT2D eigenvalue weighted by molar-refractivity contribution is 0.0827. The van der Waals surface area contributed by atoms with Gasteiger partial charge in [0.2, 0.25) is 0 Å². The maximum Gasteiger partial charge on any atom is 0.258 e. The van der Waals surface area contributed by atoms with Gasteiger partial charge in [-0.2, -0.15) is 0 Å². The summed E-state index contributed by atoms with van der Waals surface area (Å²) in [7, 11) is 3.47. The highest BCUT2D eigenvalue weighted by atomic mass is 16.2. The predicted molar refractivity (Wildman–Crippen MR) is 88.7 cm³/mol. The number of carbonyl (C=O) groups is 2. The summed E-state index contributed by atoms with van der Waals surface area (Å²) in [6, 6.07) is 9.02. The molecule has 5 nitrogen and oxygen atoms in total. The van der Waals surface area contributed by atoms with Gasteiger partial charge in [0.25, 0.3) is 11.8 Å². The number of fused-ring (bicyclic) bond motifs is 1. The zero-order valence-corrected chi connectivity index (χ0v) is 13.3. The summed E-state index contributed by atoms with van der Waals surface area (Å²) in [6.07, 6.45) is 5.02. The first kappa shape index (κ1) is 15.2. The highest BCUT2D eigenvalue weighted by Gasteiger charge is 2.24. The van der Waals surface area contributed by atoms with Crippen LogP contribution in [0.25, 0.3) is 0 Å². The van der Waals surface area contributed by atoms with Crippen LogP contribution in [-0.4, -0.2) is 42.3 Å². The van der Waals surface area contributed by atoms with Gasteiger partial charge < -0.3 is 9.80 Å².